The van der Waals surface area contributed by atoms with Gasteiger partial charge in [-0.25, -0.2) is 0 Å². The van der Waals surface area contributed by atoms with Gasteiger partial charge < -0.3 is 20.4 Å². The van der Waals surface area contributed by atoms with E-state index in [0.29, 0.717) is 35.3 Å². The van der Waals surface area contributed by atoms with E-state index in [4.69, 9.17) is 0 Å². The fraction of sp³-hybridized carbons (Fsp3) is 0.271. The number of rotatable bonds is 27. The summed E-state index contributed by atoms with van der Waals surface area (Å²) in [5.41, 5.74) is 13.4. The molecule has 12 aromatic rings. The molecule has 0 N–H and O–H groups in total. The van der Waals surface area contributed by atoms with Gasteiger partial charge in [0.05, 0.1) is 0 Å². The van der Waals surface area contributed by atoms with E-state index in [2.05, 4.69) is 251 Å². The number of hydrogen-bond donors (Lipinski definition) is 1. The van der Waals surface area contributed by atoms with E-state index in [9.17, 15) is 30.7 Å². The number of alkyl halides is 3. The predicted molar refractivity (Wildman–Crippen MR) is 414 cm³/mol. The average Bonchev–Trinajstić information content (AvgIpc) is 1.65. The third-order valence-electron chi connectivity index (χ3n) is 18.1. The Morgan fingerprint density at radius 1 is 0.535 bits per heavy atom. The predicted octanol–water partition coefficient (Wildman–Crippen LogP) is 23.3. The van der Waals surface area contributed by atoms with Crippen molar-refractivity contribution in [3.05, 3.63) is 313 Å². The van der Waals surface area contributed by atoms with Crippen molar-refractivity contribution in [3.8, 4) is 56.4 Å². The Kier molecular flexibility index (Phi) is 65.3. The van der Waals surface area contributed by atoms with E-state index in [0.717, 1.165) is 89.8 Å². The molecule has 0 bridgehead atoms. The normalized spacial score (nSPS) is 11.5. The molecule has 6 aromatic carbocycles. The molecule has 29 heteroatoms. The van der Waals surface area contributed by atoms with Crippen molar-refractivity contribution in [2.45, 2.75) is 142 Å². The molecule has 5 unspecified atom stereocenters. The first-order valence-electron chi connectivity index (χ1n) is 35.2. The molecule has 618 valence electrons. The van der Waals surface area contributed by atoms with Gasteiger partial charge in [0.25, 0.3) is 0 Å². The zero-order valence-electron chi connectivity index (χ0n) is 62.8. The van der Waals surface area contributed by atoms with Crippen molar-refractivity contribution < 1.29 is 335 Å². The van der Waals surface area contributed by atoms with Crippen molar-refractivity contribution in [1.29, 1.82) is 0 Å². The topological polar surface area (TPSA) is 115 Å². The van der Waals surface area contributed by atoms with Crippen LogP contribution in [-0.4, -0.2) is 45.2 Å². The largest absolute Gasteiger partial charge is 0 e. The molecule has 12 rings (SSSR count). The molecule has 0 saturated carbocycles. The molecule has 114 heavy (non-hydrogen) atoms. The molecule has 0 aliphatic heterocycles. The summed E-state index contributed by atoms with van der Waals surface area (Å²) < 4.78 is 92.6. The molecule has 6 heterocycles. The minimum Gasteiger partial charge on any atom is 0 e. The number of allylic oxidation sites excluding steroid dienone is 3. The molecule has 0 fully saturated rings. The number of pyridine rings is 2. The van der Waals surface area contributed by atoms with Gasteiger partial charge in [-0.2, -0.15) is 35.5 Å². The van der Waals surface area contributed by atoms with Crippen LogP contribution in [0.5, 0.6) is 0 Å². The quantitative estimate of drug-likeness (QED) is 0.0177. The number of hydrogen-bond acceptors (Lipinski definition) is 7. The molecule has 2 radical (unpaired) electrons. The Morgan fingerprint density at radius 2 is 0.974 bits per heavy atom. The summed E-state index contributed by atoms with van der Waals surface area (Å²) in [6.07, 6.45) is 25.8. The first-order chi connectivity index (χ1) is 50.9. The molecule has 10 nitrogen and oxygen atoms in total. The second-order valence-corrected chi connectivity index (χ2v) is 26.2. The number of aryl methyl sites for hydroxylation is 1. The number of unbranched alkanes of at least 4 members (excludes halogenated alkanes) is 1. The smallest absolute Gasteiger partial charge is 0 e. The standard InChI is InChI=1S/C35H39F3N3.C32H36N3.2C9H5F2N2.7Ar.BHS2.2Ir/c1-4-6-10-26(5-2)14-16-29(28-11-8-7-9-12-28)15-13-25(3)27-17-19-30(20-18-27)31-21-22-39-32(23-31)33-24-34(41-40-33)35(36,37)38;1-4-6-8-11-27(26-12-9-7-10-13-26)15-14-25(5-2)28-16-18-29(19-17-28)30-20-21-33-31(23-30)32-22-24(3)34-35-32;2*10-7-2-3-9(8(11)6-7)13-5-1-4-12-13;;;;;;;;2-1-3;;/h5,7-9,11-12,17-26,29H,2,4,6,10,13-16H2,1,3H3;4,6-7,9-10,12-13,16-23,25,27H,5,8,11,14-15H2,1-3H3;2*1-2,4-6H;;;;;;;;2H;;/q4*-1;;;;;;;;;;/b;6-4+;;;;;;;;;;;;. The van der Waals surface area contributed by atoms with E-state index in [-0.39, 0.29) is 321 Å². The molecule has 6 aromatic heterocycles. The maximum atomic E-state index is 13.1. The van der Waals surface area contributed by atoms with Crippen LogP contribution in [0.1, 0.15) is 162 Å². The maximum absolute atomic E-state index is 13.1. The maximum Gasteiger partial charge on any atom is 0 e. The van der Waals surface area contributed by atoms with Crippen molar-refractivity contribution >= 4 is 30.0 Å². The Morgan fingerprint density at radius 3 is 1.39 bits per heavy atom. The molecule has 0 aliphatic carbocycles. The Balaban J connectivity index is 0. The van der Waals surface area contributed by atoms with Crippen LogP contribution in [0.4, 0.5) is 30.7 Å². The van der Waals surface area contributed by atoms with Crippen molar-refractivity contribution in [3.63, 3.8) is 0 Å². The van der Waals surface area contributed by atoms with E-state index in [1.807, 2.05) is 25.3 Å². The monoisotopic (exact) mass is 2120 g/mol. The Labute approximate surface area is 915 Å². The van der Waals surface area contributed by atoms with E-state index in [1.54, 1.807) is 36.8 Å². The second kappa shape index (κ2) is 64.0. The first kappa shape index (κ1) is 116. The van der Waals surface area contributed by atoms with Gasteiger partial charge in [0.2, 0.25) is 0 Å². The van der Waals surface area contributed by atoms with Gasteiger partial charge in [-0.1, -0.05) is 178 Å². The SMILES string of the molecule is C/C=C/CCC(CCC(CC)c1ccc(-c2ccnc(-c3cc(C)n[n-]3)c2)cc1)c1ccccc1.C=CC(CCCC)CCC(CCC(C)c1ccc(-c2ccnc(-c3cc(C(F)(F)F)n[n-]3)c2)cc1)c1ccccc1.Fc1c[c-]c(-n2cccn2)c(F)c1.Fc1c[c-]c(-n2cccn2)c(F)c1.S=BS.[Ar].[Ar].[Ar].[Ar].[Ar].[Ar].[Ar].[Ir].[Ir]. The van der Waals surface area contributed by atoms with Gasteiger partial charge in [0.15, 0.2) is 0 Å². The second-order valence-electron chi connectivity index (χ2n) is 25.4. The van der Waals surface area contributed by atoms with Crippen LogP contribution < -0.4 is 10.2 Å². The minimum atomic E-state index is -4.53. The van der Waals surface area contributed by atoms with Crippen LogP contribution in [0.15, 0.2) is 244 Å². The average molecular weight is 2120 g/mol. The Bertz CT molecular complexity index is 4500. The number of thiol groups is 1. The van der Waals surface area contributed by atoms with Crippen LogP contribution >= 0.6 is 24.5 Å². The van der Waals surface area contributed by atoms with Crippen LogP contribution in [0.2, 0.25) is 0 Å². The van der Waals surface area contributed by atoms with Crippen LogP contribution in [0.3, 0.4) is 0 Å². The van der Waals surface area contributed by atoms with Gasteiger partial charge in [-0.15, -0.1) is 30.8 Å². The molecule has 0 aliphatic rings. The van der Waals surface area contributed by atoms with Gasteiger partial charge in [-0.3, -0.25) is 36.9 Å². The number of halogens is 7. The summed E-state index contributed by atoms with van der Waals surface area (Å²) in [7, 11) is 0. The molecule has 0 spiro atoms. The third kappa shape index (κ3) is 39.2. The molecule has 0 saturated heterocycles. The Hall–Kier alpha value is 0.202. The summed E-state index contributed by atoms with van der Waals surface area (Å²) in [5, 5.41) is 22.9. The fourth-order valence-electron chi connectivity index (χ4n) is 12.3. The van der Waals surface area contributed by atoms with Crippen molar-refractivity contribution in [2.75, 3.05) is 0 Å². The molecular weight excluding hydrogens is 2030 g/mol. The summed E-state index contributed by atoms with van der Waals surface area (Å²) in [4.78, 5) is 8.71. The van der Waals surface area contributed by atoms with Gasteiger partial charge >= 0.3 is 36.1 Å². The summed E-state index contributed by atoms with van der Waals surface area (Å²) in [5.74, 6) is 0.0478. The number of nitrogens with zero attached hydrogens (tertiary/aromatic N) is 10. The fourth-order valence-corrected chi connectivity index (χ4v) is 12.3. The van der Waals surface area contributed by atoms with Crippen LogP contribution in [0.25, 0.3) is 56.4 Å². The zero-order chi connectivity index (χ0) is 74.9. The number of benzene rings is 6. The van der Waals surface area contributed by atoms with Crippen LogP contribution in [-0.2, 0) is 46.4 Å². The minimum absolute atomic E-state index is 0. The summed E-state index contributed by atoms with van der Waals surface area (Å²) in [6.45, 7) is 15.0. The third-order valence-corrected chi connectivity index (χ3v) is 18.1. The van der Waals surface area contributed by atoms with Crippen LogP contribution in [0, 0.1) is 312 Å². The number of aromatic nitrogens is 10. The molecule has 0 amide bonds. The first-order valence-corrected chi connectivity index (χ1v) is 36.2. The van der Waals surface area contributed by atoms with Gasteiger partial charge in [-0.05, 0) is 206 Å². The zero-order valence-corrected chi connectivity index (χ0v) is 74.2. The van der Waals surface area contributed by atoms with E-state index >= 15 is 0 Å². The van der Waals surface area contributed by atoms with E-state index in [1.165, 1.54) is 106 Å². The summed E-state index contributed by atoms with van der Waals surface area (Å²) in [6, 6.07) is 62.1. The molecule has 5 atom stereocenters. The van der Waals surface area contributed by atoms with E-state index < -0.39 is 35.1 Å². The van der Waals surface area contributed by atoms with Crippen molar-refractivity contribution in [1.82, 2.24) is 49.9 Å². The van der Waals surface area contributed by atoms with Crippen molar-refractivity contribution in [2.24, 2.45) is 5.92 Å². The van der Waals surface area contributed by atoms with Gasteiger partial charge in [0, 0.05) is 382 Å². The van der Waals surface area contributed by atoms with Gasteiger partial charge in [0.1, 0.15) is 5.69 Å². The molecular formula is C85H86Ar7BF7Ir2N10S2-4. The summed E-state index contributed by atoms with van der Waals surface area (Å²) >= 11 is 7.61.